The standard InChI is InChI=1S/C44H54N2O7S/c1-3-25-50-44-40(54-4-2)28-38(46-51-30-32-17-9-6-10-18-32)36-26-33(19-11-13-23-47)35(20-12-14-24-48)41(42(36)44)37-27-34(21-22-39(37)53-44)52-43(49)45-29-31-15-7-5-8-16-31/h3,5-10,15-18,21-22,26-27,33,35,40-42,47-48H,1,4,11-14,19-20,23-25,28-30H2,2H3,(H,45,49)/t33-,35+,40-,41+,42+,44+/m0/s1. The average molecular weight is 755 g/mol. The van der Waals surface area contributed by atoms with Crippen molar-refractivity contribution in [2.24, 2.45) is 22.9 Å². The largest absolute Gasteiger partial charge is 0.460 e. The quantitative estimate of drug-likeness (QED) is 0.0633. The highest BCUT2D eigenvalue weighted by atomic mass is 32.2. The molecule has 1 amide bonds. The molecule has 0 bridgehead atoms. The van der Waals surface area contributed by atoms with Gasteiger partial charge in [-0.2, -0.15) is 11.8 Å². The van der Waals surface area contributed by atoms with Crippen molar-refractivity contribution in [1.29, 1.82) is 0 Å². The van der Waals surface area contributed by atoms with Crippen LogP contribution >= 0.6 is 11.8 Å². The number of rotatable bonds is 19. The number of amides is 1. The van der Waals surface area contributed by atoms with E-state index >= 15 is 0 Å². The Balaban J connectivity index is 1.44. The smallest absolute Gasteiger partial charge is 0.412 e. The van der Waals surface area contributed by atoms with Crippen LogP contribution in [0.15, 0.2) is 108 Å². The van der Waals surface area contributed by atoms with E-state index in [9.17, 15) is 15.0 Å². The van der Waals surface area contributed by atoms with Crippen molar-refractivity contribution in [3.05, 3.63) is 120 Å². The number of unbranched alkanes of at least 4 members (excludes halogenated alkanes) is 2. The highest BCUT2D eigenvalue weighted by Crippen LogP contribution is 2.62. The first-order valence-electron chi connectivity index (χ1n) is 19.4. The second-order valence-corrected chi connectivity index (χ2v) is 15.7. The van der Waals surface area contributed by atoms with Gasteiger partial charge in [-0.25, -0.2) is 4.79 Å². The van der Waals surface area contributed by atoms with Gasteiger partial charge in [0.05, 0.1) is 23.5 Å². The number of nitrogens with one attached hydrogen (secondary N) is 1. The van der Waals surface area contributed by atoms with Crippen LogP contribution in [0, 0.1) is 17.8 Å². The number of hydrogen-bond acceptors (Lipinski definition) is 9. The minimum absolute atomic E-state index is 0.0908. The molecule has 0 spiro atoms. The van der Waals surface area contributed by atoms with Crippen molar-refractivity contribution in [2.45, 2.75) is 82.0 Å². The number of benzene rings is 3. The fourth-order valence-electron chi connectivity index (χ4n) is 8.41. The van der Waals surface area contributed by atoms with Gasteiger partial charge in [0.2, 0.25) is 5.79 Å². The number of thioether (sulfide) groups is 1. The van der Waals surface area contributed by atoms with Crippen molar-refractivity contribution in [1.82, 2.24) is 5.32 Å². The summed E-state index contributed by atoms with van der Waals surface area (Å²) in [5.41, 5.74) is 4.94. The summed E-state index contributed by atoms with van der Waals surface area (Å²) in [5, 5.41) is 27.3. The highest BCUT2D eigenvalue weighted by molar-refractivity contribution is 8.00. The van der Waals surface area contributed by atoms with Crippen LogP contribution in [0.1, 0.15) is 74.5 Å². The number of fused-ring (bicyclic) bond motifs is 2. The Morgan fingerprint density at radius 3 is 2.43 bits per heavy atom. The number of allylic oxidation sites excluding steroid dienone is 1. The molecule has 1 aliphatic heterocycles. The monoisotopic (exact) mass is 754 g/mol. The van der Waals surface area contributed by atoms with Gasteiger partial charge in [0.1, 0.15) is 18.1 Å². The molecule has 10 heteroatoms. The van der Waals surface area contributed by atoms with Gasteiger partial charge in [-0.1, -0.05) is 97.7 Å². The topological polar surface area (TPSA) is 119 Å². The molecule has 1 fully saturated rings. The van der Waals surface area contributed by atoms with E-state index in [1.165, 1.54) is 0 Å². The summed E-state index contributed by atoms with van der Waals surface area (Å²) >= 11 is 1.80. The molecule has 3 N–H and O–H groups in total. The van der Waals surface area contributed by atoms with E-state index in [1.54, 1.807) is 23.9 Å². The van der Waals surface area contributed by atoms with Crippen molar-refractivity contribution in [3.63, 3.8) is 0 Å². The van der Waals surface area contributed by atoms with E-state index in [2.05, 4.69) is 24.9 Å². The molecule has 0 aromatic heterocycles. The number of oxime groups is 1. The summed E-state index contributed by atoms with van der Waals surface area (Å²) in [6, 6.07) is 25.4. The number of carbonyl (C=O) groups excluding carboxylic acids is 1. The number of aliphatic hydroxyl groups excluding tert-OH is 2. The van der Waals surface area contributed by atoms with Gasteiger partial charge in [0, 0.05) is 37.7 Å². The SMILES string of the molecule is C=CCO[C@@]12Oc3ccc(OC(=O)NCc4ccccc4)cc3[C@H]3[C@H](CCCCO)[C@@H](CCCCO)C=C(C(=NOCc4ccccc4)C[C@@H]1SCC)[C@H]32. The maximum Gasteiger partial charge on any atom is 0.412 e. The van der Waals surface area contributed by atoms with Crippen molar-refractivity contribution in [2.75, 3.05) is 25.6 Å². The van der Waals surface area contributed by atoms with Crippen molar-refractivity contribution in [3.8, 4) is 11.5 Å². The van der Waals surface area contributed by atoms with Gasteiger partial charge in [-0.3, -0.25) is 0 Å². The molecule has 6 atom stereocenters. The summed E-state index contributed by atoms with van der Waals surface area (Å²) in [6.45, 7) is 7.43. The lowest BCUT2D eigenvalue weighted by atomic mass is 9.56. The second kappa shape index (κ2) is 19.5. The first-order valence-corrected chi connectivity index (χ1v) is 20.4. The van der Waals surface area contributed by atoms with Gasteiger partial charge in [-0.05, 0) is 78.2 Å². The maximum atomic E-state index is 13.1. The third kappa shape index (κ3) is 9.22. The fourth-order valence-corrected chi connectivity index (χ4v) is 9.59. The van der Waals surface area contributed by atoms with Crippen molar-refractivity contribution >= 4 is 23.6 Å². The van der Waals surface area contributed by atoms with Crippen LogP contribution in [0.2, 0.25) is 0 Å². The number of aliphatic hydroxyl groups is 2. The van der Waals surface area contributed by atoms with Gasteiger partial charge in [0.15, 0.2) is 0 Å². The van der Waals surface area contributed by atoms with E-state index in [4.69, 9.17) is 24.2 Å². The van der Waals surface area contributed by atoms with Crippen molar-refractivity contribution < 1.29 is 34.1 Å². The Hall–Kier alpha value is -4.09. The van der Waals surface area contributed by atoms with E-state index in [-0.39, 0.29) is 42.1 Å². The Labute approximate surface area is 323 Å². The zero-order valence-electron chi connectivity index (χ0n) is 31.2. The maximum absolute atomic E-state index is 13.1. The Morgan fingerprint density at radius 1 is 1.00 bits per heavy atom. The minimum Gasteiger partial charge on any atom is -0.460 e. The molecule has 2 aliphatic carbocycles. The van der Waals surface area contributed by atoms with E-state index in [0.29, 0.717) is 44.1 Å². The fraction of sp³-hybridized carbons (Fsp3) is 0.455. The molecule has 9 nitrogen and oxygen atoms in total. The molecule has 1 saturated carbocycles. The predicted octanol–water partition coefficient (Wildman–Crippen LogP) is 8.56. The lowest BCUT2D eigenvalue weighted by Crippen LogP contribution is -2.64. The summed E-state index contributed by atoms with van der Waals surface area (Å²) in [7, 11) is 0. The molecule has 0 saturated heterocycles. The van der Waals surface area contributed by atoms with Crippen LogP contribution in [0.5, 0.6) is 11.5 Å². The van der Waals surface area contributed by atoms with Gasteiger partial charge in [0.25, 0.3) is 0 Å². The number of hydrogen-bond donors (Lipinski definition) is 3. The molecule has 0 unspecified atom stereocenters. The van der Waals surface area contributed by atoms with Gasteiger partial charge >= 0.3 is 6.09 Å². The normalized spacial score (nSPS) is 24.8. The van der Waals surface area contributed by atoms with Crippen LogP contribution in [-0.2, 0) is 22.7 Å². The molecule has 3 aliphatic rings. The molecule has 0 radical (unpaired) electrons. The minimum atomic E-state index is -1.03. The highest BCUT2D eigenvalue weighted by Gasteiger charge is 2.63. The molecule has 6 rings (SSSR count). The Morgan fingerprint density at radius 2 is 1.72 bits per heavy atom. The number of nitrogens with zero attached hydrogens (tertiary/aromatic N) is 1. The number of ether oxygens (including phenoxy) is 3. The van der Waals surface area contributed by atoms with E-state index in [0.717, 1.165) is 65.8 Å². The van der Waals surface area contributed by atoms with Crippen LogP contribution in [0.25, 0.3) is 0 Å². The first-order chi connectivity index (χ1) is 26.5. The summed E-state index contributed by atoms with van der Waals surface area (Å²) in [4.78, 5) is 19.2. The van der Waals surface area contributed by atoms with Gasteiger partial charge < -0.3 is 34.6 Å². The van der Waals surface area contributed by atoms with Crippen LogP contribution in [-0.4, -0.2) is 58.6 Å². The number of carbonyl (C=O) groups is 1. The molecule has 288 valence electrons. The summed E-state index contributed by atoms with van der Waals surface area (Å²) in [6.07, 6.45) is 9.12. The van der Waals surface area contributed by atoms with Crippen LogP contribution < -0.4 is 14.8 Å². The lowest BCUT2D eigenvalue weighted by molar-refractivity contribution is -0.223. The Bertz CT molecular complexity index is 1740. The Kier molecular flexibility index (Phi) is 14.3. The lowest BCUT2D eigenvalue weighted by Gasteiger charge is -2.58. The van der Waals surface area contributed by atoms with Crippen LogP contribution in [0.4, 0.5) is 4.79 Å². The van der Waals surface area contributed by atoms with E-state index < -0.39 is 11.9 Å². The first kappa shape index (κ1) is 39.6. The van der Waals surface area contributed by atoms with E-state index in [1.807, 2.05) is 72.8 Å². The zero-order valence-corrected chi connectivity index (χ0v) is 32.1. The third-order valence-electron chi connectivity index (χ3n) is 10.7. The molecule has 3 aromatic carbocycles. The van der Waals surface area contributed by atoms with Gasteiger partial charge in [-0.15, -0.1) is 6.58 Å². The molecule has 1 heterocycles. The molecular weight excluding hydrogens is 701 g/mol. The predicted molar refractivity (Wildman–Crippen MR) is 214 cm³/mol. The zero-order chi connectivity index (χ0) is 37.8. The average Bonchev–Trinajstić information content (AvgIpc) is 3.19. The summed E-state index contributed by atoms with van der Waals surface area (Å²) in [5.74, 6) is 0.924. The second-order valence-electron chi connectivity index (χ2n) is 14.2. The molecular formula is C44H54N2O7S. The van der Waals surface area contributed by atoms with Crippen LogP contribution in [0.3, 0.4) is 0 Å². The molecule has 54 heavy (non-hydrogen) atoms. The summed E-state index contributed by atoms with van der Waals surface area (Å²) < 4.78 is 20.0. The molecule has 3 aromatic rings. The third-order valence-corrected chi connectivity index (χ3v) is 12.0.